The minimum atomic E-state index is 0.511. The van der Waals surface area contributed by atoms with E-state index in [2.05, 4.69) is 54.5 Å². The molecule has 1 N–H and O–H groups in total. The summed E-state index contributed by atoms with van der Waals surface area (Å²) >= 11 is 1.87. The van der Waals surface area contributed by atoms with Crippen molar-refractivity contribution in [1.82, 2.24) is 10.3 Å². The first-order valence-electron chi connectivity index (χ1n) is 6.56. The topological polar surface area (TPSA) is 28.2 Å². The van der Waals surface area contributed by atoms with E-state index in [0.717, 1.165) is 24.7 Å². The summed E-state index contributed by atoms with van der Waals surface area (Å²) in [5.41, 5.74) is 1.25. The van der Waals surface area contributed by atoms with Crippen LogP contribution >= 0.6 is 11.8 Å². The van der Waals surface area contributed by atoms with Gasteiger partial charge in [-0.1, -0.05) is 13.0 Å². The van der Waals surface area contributed by atoms with Crippen LogP contribution in [0, 0.1) is 0 Å². The second kappa shape index (κ2) is 8.38. The molecule has 0 fully saturated rings. The van der Waals surface area contributed by atoms with Gasteiger partial charge in [0.2, 0.25) is 0 Å². The fraction of sp³-hybridized carbons (Fsp3) is 0.643. The van der Waals surface area contributed by atoms with E-state index in [1.54, 1.807) is 0 Å². The van der Waals surface area contributed by atoms with Gasteiger partial charge in [0.05, 0.1) is 0 Å². The third-order valence-corrected chi connectivity index (χ3v) is 3.81. The van der Waals surface area contributed by atoms with Crippen molar-refractivity contribution in [3.05, 3.63) is 23.9 Å². The maximum Gasteiger partial charge on any atom is 0.128 e. The van der Waals surface area contributed by atoms with Crippen molar-refractivity contribution in [1.29, 1.82) is 0 Å². The lowest BCUT2D eigenvalue weighted by Crippen LogP contribution is -2.31. The van der Waals surface area contributed by atoms with Gasteiger partial charge in [0, 0.05) is 31.6 Å². The predicted octanol–water partition coefficient (Wildman–Crippen LogP) is 2.77. The number of anilines is 1. The average Bonchev–Trinajstić information content (AvgIpc) is 2.39. The van der Waals surface area contributed by atoms with Crippen LogP contribution in [0.3, 0.4) is 0 Å². The third kappa shape index (κ3) is 4.86. The molecule has 0 aliphatic rings. The number of rotatable bonds is 8. The van der Waals surface area contributed by atoms with Gasteiger partial charge in [0.15, 0.2) is 0 Å². The molecule has 18 heavy (non-hydrogen) atoms. The van der Waals surface area contributed by atoms with Crippen LogP contribution in [0.25, 0.3) is 0 Å². The van der Waals surface area contributed by atoms with Crippen LogP contribution in [0.5, 0.6) is 0 Å². The molecule has 1 aromatic heterocycles. The fourth-order valence-electron chi connectivity index (χ4n) is 1.72. The van der Waals surface area contributed by atoms with Crippen molar-refractivity contribution in [2.45, 2.75) is 32.9 Å². The molecule has 0 amide bonds. The van der Waals surface area contributed by atoms with Crippen LogP contribution < -0.4 is 10.2 Å². The summed E-state index contributed by atoms with van der Waals surface area (Å²) in [5.74, 6) is 2.17. The molecule has 4 heteroatoms. The largest absolute Gasteiger partial charge is 0.356 e. The number of aromatic nitrogens is 1. The molecule has 1 aromatic rings. The van der Waals surface area contributed by atoms with Gasteiger partial charge in [0.25, 0.3) is 0 Å². The fourth-order valence-corrected chi connectivity index (χ4v) is 2.42. The molecule has 3 nitrogen and oxygen atoms in total. The molecule has 0 spiro atoms. The van der Waals surface area contributed by atoms with Gasteiger partial charge in [-0.25, -0.2) is 4.98 Å². The van der Waals surface area contributed by atoms with E-state index in [0.29, 0.717) is 6.04 Å². The summed E-state index contributed by atoms with van der Waals surface area (Å²) in [7, 11) is 2.11. The van der Waals surface area contributed by atoms with Crippen molar-refractivity contribution in [3.8, 4) is 0 Å². The third-order valence-electron chi connectivity index (χ3n) is 3.00. The normalized spacial score (nSPS) is 12.4. The van der Waals surface area contributed by atoms with Crippen molar-refractivity contribution in [2.24, 2.45) is 0 Å². The predicted molar refractivity (Wildman–Crippen MR) is 82.5 cm³/mol. The summed E-state index contributed by atoms with van der Waals surface area (Å²) in [6.07, 6.45) is 5.28. The Bertz CT molecular complexity index is 326. The van der Waals surface area contributed by atoms with Crippen LogP contribution in [0.4, 0.5) is 5.82 Å². The van der Waals surface area contributed by atoms with E-state index in [9.17, 15) is 0 Å². The van der Waals surface area contributed by atoms with E-state index in [1.165, 1.54) is 12.0 Å². The second-order valence-corrected chi connectivity index (χ2v) is 5.53. The van der Waals surface area contributed by atoms with Crippen molar-refractivity contribution < 1.29 is 0 Å². The van der Waals surface area contributed by atoms with Crippen molar-refractivity contribution >= 4 is 17.6 Å². The Hall–Kier alpha value is -0.740. The Morgan fingerprint density at radius 3 is 2.78 bits per heavy atom. The Morgan fingerprint density at radius 2 is 2.22 bits per heavy atom. The molecule has 0 aromatic carbocycles. The summed E-state index contributed by atoms with van der Waals surface area (Å²) in [6.45, 7) is 6.38. The van der Waals surface area contributed by atoms with Gasteiger partial charge in [-0.05, 0) is 37.8 Å². The zero-order valence-electron chi connectivity index (χ0n) is 11.9. The zero-order valence-corrected chi connectivity index (χ0v) is 12.8. The molecular weight excluding hydrogens is 242 g/mol. The number of nitrogens with zero attached hydrogens (tertiary/aromatic N) is 2. The van der Waals surface area contributed by atoms with Gasteiger partial charge in [0.1, 0.15) is 5.82 Å². The highest BCUT2D eigenvalue weighted by Crippen LogP contribution is 2.14. The molecule has 102 valence electrons. The number of hydrogen-bond acceptors (Lipinski definition) is 4. The van der Waals surface area contributed by atoms with Crippen LogP contribution in [-0.4, -0.2) is 36.6 Å². The number of nitrogens with one attached hydrogen (secondary N) is 1. The number of pyridine rings is 1. The Labute approximate surface area is 115 Å². The molecule has 0 saturated heterocycles. The van der Waals surface area contributed by atoms with Gasteiger partial charge in [-0.15, -0.1) is 0 Å². The summed E-state index contributed by atoms with van der Waals surface area (Å²) in [6, 6.07) is 4.78. The van der Waals surface area contributed by atoms with Gasteiger partial charge < -0.3 is 10.2 Å². The molecule has 0 aliphatic carbocycles. The first-order valence-corrected chi connectivity index (χ1v) is 7.95. The van der Waals surface area contributed by atoms with Crippen LogP contribution in [-0.2, 0) is 6.54 Å². The Balaban J connectivity index is 2.53. The van der Waals surface area contributed by atoms with Gasteiger partial charge in [-0.2, -0.15) is 11.8 Å². The van der Waals surface area contributed by atoms with E-state index in [4.69, 9.17) is 0 Å². The lowest BCUT2D eigenvalue weighted by Gasteiger charge is -2.25. The maximum atomic E-state index is 4.54. The molecule has 0 aliphatic heterocycles. The average molecular weight is 267 g/mol. The molecule has 1 atom stereocenters. The smallest absolute Gasteiger partial charge is 0.128 e. The van der Waals surface area contributed by atoms with Crippen molar-refractivity contribution in [3.63, 3.8) is 0 Å². The van der Waals surface area contributed by atoms with E-state index in [1.807, 2.05) is 18.0 Å². The number of hydrogen-bond donors (Lipinski definition) is 1. The summed E-state index contributed by atoms with van der Waals surface area (Å²) in [5, 5.41) is 3.39. The SMILES string of the molecule is CCCNCc1ccc(N(C)C(C)CSC)nc1. The first-order chi connectivity index (χ1) is 8.69. The Morgan fingerprint density at radius 1 is 1.44 bits per heavy atom. The molecule has 0 bridgehead atoms. The highest BCUT2D eigenvalue weighted by Gasteiger charge is 2.10. The molecule has 1 heterocycles. The highest BCUT2D eigenvalue weighted by molar-refractivity contribution is 7.98. The Kier molecular flexibility index (Phi) is 7.13. The van der Waals surface area contributed by atoms with Crippen molar-refractivity contribution in [2.75, 3.05) is 30.5 Å². The first kappa shape index (κ1) is 15.3. The highest BCUT2D eigenvalue weighted by atomic mass is 32.2. The van der Waals surface area contributed by atoms with E-state index < -0.39 is 0 Å². The number of thioether (sulfide) groups is 1. The van der Waals surface area contributed by atoms with Crippen LogP contribution in [0.2, 0.25) is 0 Å². The second-order valence-electron chi connectivity index (χ2n) is 4.62. The minimum absolute atomic E-state index is 0.511. The van der Waals surface area contributed by atoms with Crippen LogP contribution in [0.1, 0.15) is 25.8 Å². The summed E-state index contributed by atoms with van der Waals surface area (Å²) in [4.78, 5) is 6.77. The lowest BCUT2D eigenvalue weighted by atomic mass is 10.2. The standard InChI is InChI=1S/C14H25N3S/c1-5-8-15-9-13-6-7-14(16-10-13)17(3)12(2)11-18-4/h6-7,10,12,15H,5,8-9,11H2,1-4H3. The molecule has 1 unspecified atom stereocenters. The van der Waals surface area contributed by atoms with Gasteiger partial charge >= 0.3 is 0 Å². The van der Waals surface area contributed by atoms with Crippen LogP contribution in [0.15, 0.2) is 18.3 Å². The molecule has 0 saturated carbocycles. The molecular formula is C14H25N3S. The minimum Gasteiger partial charge on any atom is -0.356 e. The molecule has 1 rings (SSSR count). The van der Waals surface area contributed by atoms with E-state index in [-0.39, 0.29) is 0 Å². The maximum absolute atomic E-state index is 4.54. The quantitative estimate of drug-likeness (QED) is 0.733. The summed E-state index contributed by atoms with van der Waals surface area (Å²) < 4.78 is 0. The monoisotopic (exact) mass is 267 g/mol. The van der Waals surface area contributed by atoms with Gasteiger partial charge in [-0.3, -0.25) is 0 Å². The van der Waals surface area contributed by atoms with E-state index >= 15 is 0 Å². The molecule has 0 radical (unpaired) electrons. The lowest BCUT2D eigenvalue weighted by molar-refractivity contribution is 0.673. The zero-order chi connectivity index (χ0) is 13.4.